The number of anilines is 1. The summed E-state index contributed by atoms with van der Waals surface area (Å²) in [6.45, 7) is 1.88. The fourth-order valence-electron chi connectivity index (χ4n) is 3.73. The molecule has 13 heteroatoms. The number of nitrogens with two attached hydrogens (primary N) is 1. The molecule has 0 saturated heterocycles. The predicted molar refractivity (Wildman–Crippen MR) is 129 cm³/mol. The number of nitrogens with zero attached hydrogens (tertiary/aromatic N) is 7. The van der Waals surface area contributed by atoms with Crippen molar-refractivity contribution in [3.8, 4) is 28.1 Å². The van der Waals surface area contributed by atoms with Crippen molar-refractivity contribution >= 4 is 29.0 Å². The fraction of sp³-hybridized carbons (Fsp3) is 0.0909. The van der Waals surface area contributed by atoms with Crippen LogP contribution in [0.4, 0.5) is 10.2 Å². The molecule has 35 heavy (non-hydrogen) atoms. The number of H-pyrrole nitrogens is 1. The largest absolute Gasteiger partial charge is 0.384 e. The highest BCUT2D eigenvalue weighted by Crippen LogP contribution is 2.30. The first-order valence-corrected chi connectivity index (χ1v) is 11.0. The van der Waals surface area contributed by atoms with Gasteiger partial charge in [-0.1, -0.05) is 23.2 Å². The van der Waals surface area contributed by atoms with E-state index >= 15 is 0 Å². The Labute approximate surface area is 207 Å². The molecule has 0 amide bonds. The SMILES string of the molecule is Cc1cc(-c2cc(Cl)ccc2-n2cnnn2)cc(=O)n1Cc1nc(Cl)c(-c2ccc(N)nc2F)[nH]1. The molecule has 4 aromatic heterocycles. The molecule has 0 aliphatic rings. The standard InChI is InChI=1S/C22H16Cl2FN9O/c1-11-6-12(15-8-13(23)2-4-16(15)34-10-27-31-32-34)7-19(35)33(11)9-18-29-20(21(24)30-18)14-3-5-17(26)28-22(14)25/h2-8,10H,9H2,1H3,(H2,26,28)(H,29,30). The maximum atomic E-state index is 14.3. The van der Waals surface area contributed by atoms with Gasteiger partial charge in [0.25, 0.3) is 5.56 Å². The zero-order chi connectivity index (χ0) is 24.7. The van der Waals surface area contributed by atoms with E-state index in [1.54, 1.807) is 25.1 Å². The van der Waals surface area contributed by atoms with Gasteiger partial charge in [-0.25, -0.2) is 9.97 Å². The van der Waals surface area contributed by atoms with Crippen molar-refractivity contribution < 1.29 is 4.39 Å². The molecular formula is C22H16Cl2FN9O. The van der Waals surface area contributed by atoms with E-state index in [0.29, 0.717) is 33.4 Å². The Morgan fingerprint density at radius 3 is 2.63 bits per heavy atom. The van der Waals surface area contributed by atoms with Crippen molar-refractivity contribution in [3.63, 3.8) is 0 Å². The number of pyridine rings is 2. The molecule has 0 radical (unpaired) electrons. The second-order valence-corrected chi connectivity index (χ2v) is 8.44. The van der Waals surface area contributed by atoms with E-state index in [4.69, 9.17) is 28.9 Å². The Morgan fingerprint density at radius 2 is 1.91 bits per heavy atom. The number of aryl methyl sites for hydroxylation is 1. The summed E-state index contributed by atoms with van der Waals surface area (Å²) in [4.78, 5) is 23.9. The zero-order valence-electron chi connectivity index (χ0n) is 18.1. The van der Waals surface area contributed by atoms with Crippen LogP contribution >= 0.6 is 23.2 Å². The number of aromatic nitrogens is 8. The first-order valence-electron chi connectivity index (χ1n) is 10.2. The minimum atomic E-state index is -0.778. The van der Waals surface area contributed by atoms with E-state index < -0.39 is 5.95 Å². The van der Waals surface area contributed by atoms with E-state index in [1.165, 1.54) is 33.8 Å². The molecule has 0 unspecified atom stereocenters. The predicted octanol–water partition coefficient (Wildman–Crippen LogP) is 3.66. The molecular weight excluding hydrogens is 496 g/mol. The molecule has 3 N–H and O–H groups in total. The van der Waals surface area contributed by atoms with Gasteiger partial charge in [-0.2, -0.15) is 9.07 Å². The second-order valence-electron chi connectivity index (χ2n) is 7.65. The van der Waals surface area contributed by atoms with Gasteiger partial charge in [-0.05, 0) is 59.3 Å². The van der Waals surface area contributed by atoms with Crippen LogP contribution in [0.15, 0.2) is 53.6 Å². The van der Waals surface area contributed by atoms with Crippen molar-refractivity contribution in [2.75, 3.05) is 5.73 Å². The van der Waals surface area contributed by atoms with Crippen LogP contribution in [-0.2, 0) is 6.54 Å². The smallest absolute Gasteiger partial charge is 0.251 e. The lowest BCUT2D eigenvalue weighted by molar-refractivity contribution is 0.589. The molecule has 176 valence electrons. The van der Waals surface area contributed by atoms with Gasteiger partial charge in [0.15, 0.2) is 5.15 Å². The molecule has 0 saturated carbocycles. The van der Waals surface area contributed by atoms with E-state index in [0.717, 1.165) is 0 Å². The van der Waals surface area contributed by atoms with Crippen LogP contribution in [-0.4, -0.2) is 39.7 Å². The van der Waals surface area contributed by atoms with Gasteiger partial charge in [0, 0.05) is 22.3 Å². The van der Waals surface area contributed by atoms with Gasteiger partial charge in [0.05, 0.1) is 23.5 Å². The number of nitrogens with one attached hydrogen (secondary N) is 1. The summed E-state index contributed by atoms with van der Waals surface area (Å²) < 4.78 is 17.3. The third-order valence-corrected chi connectivity index (χ3v) is 5.87. The average Bonchev–Trinajstić information content (AvgIpc) is 3.46. The van der Waals surface area contributed by atoms with Crippen molar-refractivity contribution in [2.24, 2.45) is 0 Å². The lowest BCUT2D eigenvalue weighted by Crippen LogP contribution is -2.23. The van der Waals surface area contributed by atoms with Crippen LogP contribution < -0.4 is 11.3 Å². The minimum Gasteiger partial charge on any atom is -0.384 e. The highest BCUT2D eigenvalue weighted by Gasteiger charge is 2.17. The quantitative estimate of drug-likeness (QED) is 0.344. The maximum Gasteiger partial charge on any atom is 0.251 e. The number of imidazole rings is 1. The molecule has 0 aliphatic heterocycles. The number of benzene rings is 1. The van der Waals surface area contributed by atoms with Gasteiger partial charge in [-0.15, -0.1) is 5.10 Å². The van der Waals surface area contributed by atoms with Gasteiger partial charge in [-0.3, -0.25) is 4.79 Å². The molecule has 5 rings (SSSR count). The molecule has 4 heterocycles. The van der Waals surface area contributed by atoms with Crippen molar-refractivity contribution in [2.45, 2.75) is 13.5 Å². The van der Waals surface area contributed by atoms with Crippen molar-refractivity contribution in [1.29, 1.82) is 0 Å². The Balaban J connectivity index is 1.51. The minimum absolute atomic E-state index is 0.0484. The molecule has 10 nitrogen and oxygen atoms in total. The topological polar surface area (TPSA) is 133 Å². The first-order chi connectivity index (χ1) is 16.8. The van der Waals surface area contributed by atoms with Gasteiger partial charge in [0.1, 0.15) is 18.0 Å². The van der Waals surface area contributed by atoms with Crippen LogP contribution in [0, 0.1) is 12.9 Å². The molecule has 0 spiro atoms. The maximum absolute atomic E-state index is 14.3. The lowest BCUT2D eigenvalue weighted by atomic mass is 10.0. The summed E-state index contributed by atoms with van der Waals surface area (Å²) in [7, 11) is 0. The number of halogens is 3. The van der Waals surface area contributed by atoms with Crippen LogP contribution in [0.3, 0.4) is 0 Å². The monoisotopic (exact) mass is 511 g/mol. The number of aromatic amines is 1. The van der Waals surface area contributed by atoms with E-state index in [9.17, 15) is 9.18 Å². The Hall–Kier alpha value is -4.09. The van der Waals surface area contributed by atoms with Crippen LogP contribution in [0.5, 0.6) is 0 Å². The Bertz CT molecular complexity index is 1610. The number of rotatable bonds is 5. The summed E-state index contributed by atoms with van der Waals surface area (Å²) in [5, 5.41) is 11.8. The zero-order valence-corrected chi connectivity index (χ0v) is 19.6. The summed E-state index contributed by atoms with van der Waals surface area (Å²) >= 11 is 12.5. The normalized spacial score (nSPS) is 11.2. The van der Waals surface area contributed by atoms with Gasteiger partial charge >= 0.3 is 0 Å². The first kappa shape index (κ1) is 22.7. The summed E-state index contributed by atoms with van der Waals surface area (Å²) in [6.07, 6.45) is 1.46. The molecule has 0 atom stereocenters. The fourth-order valence-corrected chi connectivity index (χ4v) is 4.16. The van der Waals surface area contributed by atoms with Gasteiger partial charge < -0.3 is 15.3 Å². The highest BCUT2D eigenvalue weighted by molar-refractivity contribution is 6.32. The third-order valence-electron chi connectivity index (χ3n) is 5.36. The number of hydrogen-bond acceptors (Lipinski definition) is 7. The summed E-state index contributed by atoms with van der Waals surface area (Å²) in [5.74, 6) is -0.358. The van der Waals surface area contributed by atoms with Gasteiger partial charge in [0.2, 0.25) is 5.95 Å². The number of tetrazole rings is 1. The number of nitrogen functional groups attached to an aromatic ring is 1. The van der Waals surface area contributed by atoms with Crippen LogP contribution in [0.2, 0.25) is 10.2 Å². The van der Waals surface area contributed by atoms with E-state index in [-0.39, 0.29) is 34.3 Å². The summed E-state index contributed by atoms with van der Waals surface area (Å²) in [6, 6.07) is 11.5. The highest BCUT2D eigenvalue weighted by atomic mass is 35.5. The average molecular weight is 512 g/mol. The van der Waals surface area contributed by atoms with Crippen LogP contribution in [0.1, 0.15) is 11.5 Å². The molecule has 0 bridgehead atoms. The van der Waals surface area contributed by atoms with Crippen molar-refractivity contribution in [1.82, 2.24) is 39.7 Å². The molecule has 0 fully saturated rings. The van der Waals surface area contributed by atoms with Crippen molar-refractivity contribution in [3.05, 3.63) is 86.8 Å². The molecule has 5 aromatic rings. The molecule has 1 aromatic carbocycles. The van der Waals surface area contributed by atoms with E-state index in [1.807, 2.05) is 6.07 Å². The van der Waals surface area contributed by atoms with E-state index in [2.05, 4.69) is 30.5 Å². The Morgan fingerprint density at radius 1 is 1.09 bits per heavy atom. The third kappa shape index (κ3) is 4.38. The number of hydrogen-bond donors (Lipinski definition) is 2. The summed E-state index contributed by atoms with van der Waals surface area (Å²) in [5.41, 5.74) is 8.26. The second kappa shape index (κ2) is 8.93. The molecule has 0 aliphatic carbocycles. The van der Waals surface area contributed by atoms with Crippen LogP contribution in [0.25, 0.3) is 28.1 Å². The Kier molecular flexibility index (Phi) is 5.79. The lowest BCUT2D eigenvalue weighted by Gasteiger charge is -2.13.